The van der Waals surface area contributed by atoms with Crippen molar-refractivity contribution in [2.75, 3.05) is 24.8 Å². The molecule has 6 atom stereocenters. The van der Waals surface area contributed by atoms with Crippen LogP contribution in [0.5, 0.6) is 5.75 Å². The molecule has 0 aliphatic carbocycles. The SMILES string of the molecule is CCCCC(C)Nc1ncnc2c1ncn2C1O[C@H](CSc2ccccc2F)[C@H]2OCC(c3ccc(OC)cc3)O[C@@H]12. The van der Waals surface area contributed by atoms with Gasteiger partial charge in [-0.15, -0.1) is 11.8 Å². The maximum atomic E-state index is 14.4. The molecule has 2 saturated heterocycles. The summed E-state index contributed by atoms with van der Waals surface area (Å²) in [5.41, 5.74) is 2.31. The lowest BCUT2D eigenvalue weighted by atomic mass is 10.0. The molecular formula is C31H36FN5O4S. The number of benzene rings is 2. The van der Waals surface area contributed by atoms with E-state index in [2.05, 4.69) is 29.1 Å². The predicted octanol–water partition coefficient (Wildman–Crippen LogP) is 6.18. The van der Waals surface area contributed by atoms with Gasteiger partial charge >= 0.3 is 0 Å². The van der Waals surface area contributed by atoms with E-state index in [4.69, 9.17) is 23.9 Å². The first-order valence-electron chi connectivity index (χ1n) is 14.4. The Balaban J connectivity index is 1.28. The van der Waals surface area contributed by atoms with E-state index in [1.165, 1.54) is 17.8 Å². The number of methoxy groups -OCH3 is 1. The van der Waals surface area contributed by atoms with Crippen LogP contribution in [0.2, 0.25) is 0 Å². The van der Waals surface area contributed by atoms with Crippen molar-refractivity contribution in [3.8, 4) is 5.75 Å². The average molecular weight is 594 g/mol. The fraction of sp³-hybridized carbons (Fsp3) is 0.452. The number of ether oxygens (including phenoxy) is 4. The van der Waals surface area contributed by atoms with Gasteiger partial charge in [0.15, 0.2) is 23.2 Å². The third-order valence-electron chi connectivity index (χ3n) is 7.78. The lowest BCUT2D eigenvalue weighted by molar-refractivity contribution is -0.182. The quantitative estimate of drug-likeness (QED) is 0.205. The predicted molar refractivity (Wildman–Crippen MR) is 159 cm³/mol. The second kappa shape index (κ2) is 12.9. The van der Waals surface area contributed by atoms with E-state index in [9.17, 15) is 4.39 Å². The summed E-state index contributed by atoms with van der Waals surface area (Å²) in [4.78, 5) is 14.3. The molecule has 2 aromatic carbocycles. The van der Waals surface area contributed by atoms with Crippen LogP contribution >= 0.6 is 11.8 Å². The van der Waals surface area contributed by atoms with E-state index in [1.807, 2.05) is 34.9 Å². The Morgan fingerprint density at radius 2 is 1.93 bits per heavy atom. The largest absolute Gasteiger partial charge is 0.497 e. The van der Waals surface area contributed by atoms with Gasteiger partial charge in [0.2, 0.25) is 0 Å². The van der Waals surface area contributed by atoms with Gasteiger partial charge in [0.25, 0.3) is 0 Å². The Labute approximate surface area is 249 Å². The molecule has 0 spiro atoms. The van der Waals surface area contributed by atoms with E-state index in [-0.39, 0.29) is 30.2 Å². The monoisotopic (exact) mass is 593 g/mol. The highest BCUT2D eigenvalue weighted by Gasteiger charge is 2.51. The Morgan fingerprint density at radius 3 is 2.71 bits per heavy atom. The van der Waals surface area contributed by atoms with Crippen LogP contribution in [0.1, 0.15) is 51.0 Å². The number of fused-ring (bicyclic) bond motifs is 2. The zero-order valence-corrected chi connectivity index (χ0v) is 24.8. The minimum absolute atomic E-state index is 0.250. The topological polar surface area (TPSA) is 92.6 Å². The van der Waals surface area contributed by atoms with E-state index in [0.29, 0.717) is 34.2 Å². The number of rotatable bonds is 11. The maximum Gasteiger partial charge on any atom is 0.167 e. The molecule has 0 radical (unpaired) electrons. The van der Waals surface area contributed by atoms with Gasteiger partial charge in [-0.3, -0.25) is 4.57 Å². The highest BCUT2D eigenvalue weighted by molar-refractivity contribution is 7.99. The molecule has 9 nitrogen and oxygen atoms in total. The summed E-state index contributed by atoms with van der Waals surface area (Å²) in [7, 11) is 1.64. The summed E-state index contributed by atoms with van der Waals surface area (Å²) < 4.78 is 41.4. The van der Waals surface area contributed by atoms with E-state index in [0.717, 1.165) is 30.6 Å². The zero-order chi connectivity index (χ0) is 29.1. The molecule has 2 aliphatic heterocycles. The molecule has 6 rings (SSSR count). The molecule has 42 heavy (non-hydrogen) atoms. The maximum absolute atomic E-state index is 14.4. The number of nitrogens with one attached hydrogen (secondary N) is 1. The van der Waals surface area contributed by atoms with Gasteiger partial charge in [-0.25, -0.2) is 19.3 Å². The van der Waals surface area contributed by atoms with E-state index in [1.54, 1.807) is 31.9 Å². The molecule has 4 heterocycles. The molecule has 2 fully saturated rings. The van der Waals surface area contributed by atoms with E-state index < -0.39 is 12.3 Å². The van der Waals surface area contributed by atoms with Crippen molar-refractivity contribution in [1.82, 2.24) is 19.5 Å². The number of nitrogens with zero attached hydrogens (tertiary/aromatic N) is 4. The normalized spacial score (nSPS) is 24.4. The molecule has 2 aliphatic rings. The molecule has 3 unspecified atom stereocenters. The number of hydrogen-bond acceptors (Lipinski definition) is 9. The molecule has 0 bridgehead atoms. The van der Waals surface area contributed by atoms with Crippen molar-refractivity contribution in [1.29, 1.82) is 0 Å². The van der Waals surface area contributed by atoms with Crippen LogP contribution in [-0.4, -0.2) is 63.3 Å². The summed E-state index contributed by atoms with van der Waals surface area (Å²) in [6, 6.07) is 14.8. The minimum Gasteiger partial charge on any atom is -0.497 e. The number of aromatic nitrogens is 4. The Bertz CT molecular complexity index is 1490. The van der Waals surface area contributed by atoms with Crippen LogP contribution in [0.15, 0.2) is 66.1 Å². The highest BCUT2D eigenvalue weighted by atomic mass is 32.2. The molecule has 222 valence electrons. The third kappa shape index (κ3) is 5.96. The number of unbranched alkanes of at least 4 members (excludes halogenated alkanes) is 1. The van der Waals surface area contributed by atoms with Crippen molar-refractivity contribution >= 4 is 28.7 Å². The van der Waals surface area contributed by atoms with Gasteiger partial charge in [0.05, 0.1) is 26.1 Å². The molecular weight excluding hydrogens is 557 g/mol. The first kappa shape index (κ1) is 28.9. The lowest BCUT2D eigenvalue weighted by Crippen LogP contribution is -2.44. The third-order valence-corrected chi connectivity index (χ3v) is 8.92. The minimum atomic E-state index is -0.549. The number of imidazole rings is 1. The van der Waals surface area contributed by atoms with Crippen molar-refractivity contribution < 1.29 is 23.3 Å². The molecule has 4 aromatic rings. The number of thioether (sulfide) groups is 1. The average Bonchev–Trinajstić information content (AvgIpc) is 3.61. The summed E-state index contributed by atoms with van der Waals surface area (Å²) in [5, 5.41) is 3.50. The molecule has 2 aromatic heterocycles. The van der Waals surface area contributed by atoms with Gasteiger partial charge in [-0.1, -0.05) is 44.0 Å². The van der Waals surface area contributed by atoms with Crippen molar-refractivity contribution in [2.24, 2.45) is 0 Å². The van der Waals surface area contributed by atoms with Gasteiger partial charge in [0, 0.05) is 16.7 Å². The van der Waals surface area contributed by atoms with Crippen LogP contribution in [0.3, 0.4) is 0 Å². The molecule has 0 saturated carbocycles. The highest BCUT2D eigenvalue weighted by Crippen LogP contribution is 2.43. The van der Waals surface area contributed by atoms with Crippen molar-refractivity contribution in [3.05, 3.63) is 72.6 Å². The molecule has 0 amide bonds. The van der Waals surface area contributed by atoms with Crippen molar-refractivity contribution in [2.45, 2.75) is 74.7 Å². The summed E-state index contributed by atoms with van der Waals surface area (Å²) >= 11 is 1.41. The fourth-order valence-corrected chi connectivity index (χ4v) is 6.52. The lowest BCUT2D eigenvalue weighted by Gasteiger charge is -2.35. The number of hydrogen-bond donors (Lipinski definition) is 1. The summed E-state index contributed by atoms with van der Waals surface area (Å²) in [5.74, 6) is 1.72. The van der Waals surface area contributed by atoms with Gasteiger partial charge < -0.3 is 24.3 Å². The smallest absolute Gasteiger partial charge is 0.167 e. The summed E-state index contributed by atoms with van der Waals surface area (Å²) in [6.07, 6.45) is 4.62. The van der Waals surface area contributed by atoms with Crippen LogP contribution < -0.4 is 10.1 Å². The Hall–Kier alpha value is -3.25. The van der Waals surface area contributed by atoms with Crippen LogP contribution in [0, 0.1) is 5.82 Å². The van der Waals surface area contributed by atoms with Crippen LogP contribution in [0.25, 0.3) is 11.2 Å². The standard InChI is InChI=1S/C31H36FN5O4S/c1-4-5-8-19(2)36-29-26-30(34-17-33-29)37(18-35-26)31-28-27(24(41-31)16-42-25-10-7-6-9-22(25)32)39-15-23(40-28)20-11-13-21(38-3)14-12-20/h6-7,9-14,17-19,23-24,27-28,31H,4-5,8,15-16H2,1-3H3,(H,33,34,36)/t19?,23?,24-,27-,28-,31?/m1/s1. The summed E-state index contributed by atoms with van der Waals surface area (Å²) in [6.45, 7) is 4.71. The zero-order valence-electron chi connectivity index (χ0n) is 24.0. The fourth-order valence-electron chi connectivity index (χ4n) is 5.53. The molecule has 11 heteroatoms. The first-order valence-corrected chi connectivity index (χ1v) is 15.4. The molecule has 1 N–H and O–H groups in total. The van der Waals surface area contributed by atoms with Crippen LogP contribution in [0.4, 0.5) is 10.2 Å². The number of halogens is 1. The van der Waals surface area contributed by atoms with Gasteiger partial charge in [-0.05, 0) is 43.2 Å². The van der Waals surface area contributed by atoms with E-state index >= 15 is 0 Å². The Kier molecular flexibility index (Phi) is 8.89. The Morgan fingerprint density at radius 1 is 1.10 bits per heavy atom. The van der Waals surface area contributed by atoms with Crippen molar-refractivity contribution in [3.63, 3.8) is 0 Å². The van der Waals surface area contributed by atoms with Gasteiger partial charge in [-0.2, -0.15) is 0 Å². The second-order valence-corrected chi connectivity index (χ2v) is 11.8. The van der Waals surface area contributed by atoms with Gasteiger partial charge in [0.1, 0.15) is 36.2 Å². The number of anilines is 1. The second-order valence-electron chi connectivity index (χ2n) is 10.7. The van der Waals surface area contributed by atoms with Crippen LogP contribution in [-0.2, 0) is 14.2 Å². The first-order chi connectivity index (χ1) is 20.6.